The van der Waals surface area contributed by atoms with Crippen molar-refractivity contribution in [1.82, 2.24) is 10.6 Å². The first kappa shape index (κ1) is 37.1. The Morgan fingerprint density at radius 1 is 0.540 bits per heavy atom. The lowest BCUT2D eigenvalue weighted by Crippen LogP contribution is -2.33. The largest absolute Gasteiger partial charge is 0.503 e. The minimum Gasteiger partial charge on any atom is -0.503 e. The molecule has 4 aromatic rings. The third-order valence-electron chi connectivity index (χ3n) is 7.52. The number of hydrogen-bond donors (Lipinski definition) is 6. The third-order valence-corrected chi connectivity index (χ3v) is 9.96. The summed E-state index contributed by atoms with van der Waals surface area (Å²) in [5, 5.41) is 52.7. The van der Waals surface area contributed by atoms with Gasteiger partial charge in [-0.2, -0.15) is 0 Å². The normalized spacial score (nSPS) is 16.2. The number of aromatic hydroxyl groups is 2. The van der Waals surface area contributed by atoms with Gasteiger partial charge in [0.05, 0.1) is 17.9 Å². The number of rotatable bonds is 0. The number of phenolic OH excluding ortho intramolecular Hbond substituents is 2. The van der Waals surface area contributed by atoms with E-state index < -0.39 is 11.8 Å². The molecule has 0 radical (unpaired) electrons. The topological polar surface area (TPSA) is 182 Å². The Morgan fingerprint density at radius 3 is 1.48 bits per heavy atom. The van der Waals surface area contributed by atoms with Crippen molar-refractivity contribution in [3.8, 4) is 34.5 Å². The standard InChI is InChI=1S/C34H28Br4N4O8/c35-21-9-17-1-3-27(21)49-29-15-19(11-23(37)31(29)43)6-8-40-34(46)26(42-48)14-20-12-24(38)32(44)30(16-20)50-28-4-2-18(10-22(28)36)13-25(41-47)33(45)39-7-5-17/h1-4,9-12,15-16,43-44,47-48H,5-8,13-14H2,(H,39,45)(H,40,46)/b41-25+,42-26+. The first-order valence-electron chi connectivity index (χ1n) is 14.9. The summed E-state index contributed by atoms with van der Waals surface area (Å²) in [5.74, 6) is -0.458. The summed E-state index contributed by atoms with van der Waals surface area (Å²) in [6.07, 6.45) is 0.733. The number of ether oxygens (including phenoxy) is 2. The average Bonchev–Trinajstić information content (AvgIpc) is 3.08. The van der Waals surface area contributed by atoms with E-state index in [0.717, 1.165) is 11.1 Å². The van der Waals surface area contributed by atoms with E-state index in [1.807, 2.05) is 12.1 Å². The van der Waals surface area contributed by atoms with Crippen LogP contribution in [0.15, 0.2) is 88.9 Å². The number of nitrogens with one attached hydrogen (secondary N) is 2. The molecule has 0 fully saturated rings. The van der Waals surface area contributed by atoms with Crippen LogP contribution in [0.5, 0.6) is 34.5 Å². The molecule has 0 atom stereocenters. The molecule has 0 unspecified atom stereocenters. The smallest absolute Gasteiger partial charge is 0.269 e. The van der Waals surface area contributed by atoms with Crippen molar-refractivity contribution >= 4 is 87.0 Å². The fourth-order valence-corrected chi connectivity index (χ4v) is 6.96. The molecule has 12 nitrogen and oxygen atoms in total. The molecule has 0 aliphatic carbocycles. The number of carbonyl (C=O) groups is 2. The maximum atomic E-state index is 13.0. The Hall–Kier alpha value is -4.12. The maximum absolute atomic E-state index is 13.0. The van der Waals surface area contributed by atoms with E-state index in [1.165, 1.54) is 6.07 Å². The van der Waals surface area contributed by atoms with Crippen LogP contribution in [-0.2, 0) is 35.3 Å². The van der Waals surface area contributed by atoms with Crippen molar-refractivity contribution < 1.29 is 39.7 Å². The van der Waals surface area contributed by atoms with Crippen LogP contribution in [0.4, 0.5) is 0 Å². The van der Waals surface area contributed by atoms with Gasteiger partial charge in [-0.3, -0.25) is 9.59 Å². The van der Waals surface area contributed by atoms with Gasteiger partial charge in [-0.05, 0) is 147 Å². The molecule has 260 valence electrons. The monoisotopic (exact) mass is 936 g/mol. The lowest BCUT2D eigenvalue weighted by Gasteiger charge is -2.15. The second-order valence-corrected chi connectivity index (χ2v) is 14.5. The van der Waals surface area contributed by atoms with E-state index >= 15 is 0 Å². The number of phenols is 2. The van der Waals surface area contributed by atoms with Gasteiger partial charge in [0.25, 0.3) is 11.8 Å². The van der Waals surface area contributed by atoms with Gasteiger partial charge in [-0.25, -0.2) is 0 Å². The fourth-order valence-electron chi connectivity index (χ4n) is 4.97. The van der Waals surface area contributed by atoms with Gasteiger partial charge in [0.2, 0.25) is 0 Å². The number of hydrogen-bond acceptors (Lipinski definition) is 10. The van der Waals surface area contributed by atoms with Crippen LogP contribution in [0, 0.1) is 0 Å². The number of oxime groups is 2. The van der Waals surface area contributed by atoms with Gasteiger partial charge in [-0.15, -0.1) is 0 Å². The molecular formula is C34H28Br4N4O8. The minimum absolute atomic E-state index is 0.0145. The summed E-state index contributed by atoms with van der Waals surface area (Å²) in [5.41, 5.74) is 2.46. The highest BCUT2D eigenvalue weighted by Crippen LogP contribution is 2.42. The van der Waals surface area contributed by atoms with Crippen molar-refractivity contribution in [1.29, 1.82) is 0 Å². The average molecular weight is 940 g/mol. The molecule has 8 bridgehead atoms. The number of halogens is 4. The molecular weight excluding hydrogens is 912 g/mol. The highest BCUT2D eigenvalue weighted by Gasteiger charge is 2.20. The van der Waals surface area contributed by atoms with Gasteiger partial charge in [0.1, 0.15) is 22.9 Å². The lowest BCUT2D eigenvalue weighted by atomic mass is 10.1. The number of carbonyl (C=O) groups excluding carboxylic acids is 2. The molecule has 6 N–H and O–H groups in total. The Balaban J connectivity index is 1.45. The van der Waals surface area contributed by atoms with Crippen LogP contribution in [0.2, 0.25) is 0 Å². The van der Waals surface area contributed by atoms with Crippen LogP contribution < -0.4 is 20.1 Å². The van der Waals surface area contributed by atoms with Crippen LogP contribution in [0.1, 0.15) is 22.3 Å². The van der Waals surface area contributed by atoms with Gasteiger partial charge < -0.3 is 40.7 Å². The Bertz CT molecular complexity index is 2020. The summed E-state index contributed by atoms with van der Waals surface area (Å²) < 4.78 is 13.8. The highest BCUT2D eigenvalue weighted by molar-refractivity contribution is 9.11. The summed E-state index contributed by atoms with van der Waals surface area (Å²) in [7, 11) is 0. The highest BCUT2D eigenvalue weighted by atomic mass is 79.9. The van der Waals surface area contributed by atoms with Crippen LogP contribution in [0.3, 0.4) is 0 Å². The summed E-state index contributed by atoms with van der Waals surface area (Å²) in [6, 6.07) is 16.8. The number of fused-ring (bicyclic) bond motifs is 2. The quantitative estimate of drug-likeness (QED) is 0.0774. The molecule has 0 saturated carbocycles. The number of nitrogens with zero attached hydrogens (tertiary/aromatic N) is 2. The van der Waals surface area contributed by atoms with E-state index in [4.69, 9.17) is 9.47 Å². The molecule has 0 spiro atoms. The van der Waals surface area contributed by atoms with Crippen LogP contribution in [0.25, 0.3) is 0 Å². The van der Waals surface area contributed by atoms with Crippen molar-refractivity contribution in [2.24, 2.45) is 10.3 Å². The Morgan fingerprint density at radius 2 is 0.960 bits per heavy atom. The number of benzene rings is 4. The van der Waals surface area contributed by atoms with Crippen molar-refractivity contribution in [3.05, 3.63) is 101 Å². The van der Waals surface area contributed by atoms with E-state index in [0.29, 0.717) is 48.9 Å². The zero-order valence-electron chi connectivity index (χ0n) is 25.8. The van der Waals surface area contributed by atoms with Gasteiger partial charge in [0, 0.05) is 25.9 Å². The van der Waals surface area contributed by atoms with Crippen LogP contribution >= 0.6 is 63.7 Å². The molecule has 0 aromatic heterocycles. The van der Waals surface area contributed by atoms with Crippen molar-refractivity contribution in [2.75, 3.05) is 13.1 Å². The minimum atomic E-state index is -0.608. The van der Waals surface area contributed by atoms with Gasteiger partial charge in [0.15, 0.2) is 23.0 Å². The molecule has 3 heterocycles. The molecule has 7 rings (SSSR count). The zero-order chi connectivity index (χ0) is 35.9. The lowest BCUT2D eigenvalue weighted by molar-refractivity contribution is -0.115. The molecule has 16 heteroatoms. The predicted octanol–water partition coefficient (Wildman–Crippen LogP) is 7.51. The predicted molar refractivity (Wildman–Crippen MR) is 199 cm³/mol. The van der Waals surface area contributed by atoms with E-state index in [1.54, 1.807) is 42.5 Å². The first-order valence-corrected chi connectivity index (χ1v) is 18.1. The molecule has 3 aliphatic rings. The third kappa shape index (κ3) is 9.15. The second kappa shape index (κ2) is 16.7. The molecule has 0 saturated heterocycles. The molecule has 50 heavy (non-hydrogen) atoms. The summed E-state index contributed by atoms with van der Waals surface area (Å²) in [4.78, 5) is 25.9. The summed E-state index contributed by atoms with van der Waals surface area (Å²) in [6.45, 7) is 0.434. The summed E-state index contributed by atoms with van der Waals surface area (Å²) >= 11 is 13.6. The first-order chi connectivity index (χ1) is 23.9. The SMILES string of the molecule is O=C1NCCc2ccc(c(Br)c2)Oc2cc(cc(Br)c2O)CCNC(=O)/C(=N/O)Cc2cc(Br)c(O)c(c2)Oc2ccc(cc2Br)C/C1=N\O. The Labute approximate surface area is 319 Å². The van der Waals surface area contributed by atoms with Crippen LogP contribution in [-0.4, -0.2) is 57.0 Å². The second-order valence-electron chi connectivity index (χ2n) is 11.0. The number of amides is 2. The van der Waals surface area contributed by atoms with E-state index in [-0.39, 0.29) is 64.8 Å². The molecule has 4 aromatic carbocycles. The van der Waals surface area contributed by atoms with Gasteiger partial charge in [-0.1, -0.05) is 22.4 Å². The molecule has 3 aliphatic heterocycles. The maximum Gasteiger partial charge on any atom is 0.269 e. The molecule has 2 amide bonds. The van der Waals surface area contributed by atoms with Crippen molar-refractivity contribution in [3.63, 3.8) is 0 Å². The zero-order valence-corrected chi connectivity index (χ0v) is 32.2. The van der Waals surface area contributed by atoms with E-state index in [2.05, 4.69) is 84.7 Å². The van der Waals surface area contributed by atoms with E-state index in [9.17, 15) is 30.2 Å². The Kier molecular flexibility index (Phi) is 12.4. The van der Waals surface area contributed by atoms with Crippen molar-refractivity contribution in [2.45, 2.75) is 25.7 Å². The van der Waals surface area contributed by atoms with Gasteiger partial charge >= 0.3 is 0 Å². The fraction of sp³-hybridized carbons (Fsp3) is 0.176.